The van der Waals surface area contributed by atoms with Crippen molar-refractivity contribution in [1.29, 1.82) is 0 Å². The number of aromatic nitrogens is 1. The number of para-hydroxylation sites is 1. The number of hydrogen-bond acceptors (Lipinski definition) is 3. The van der Waals surface area contributed by atoms with Gasteiger partial charge in [0.25, 0.3) is 0 Å². The zero-order chi connectivity index (χ0) is 11.9. The molecule has 0 bridgehead atoms. The lowest BCUT2D eigenvalue weighted by molar-refractivity contribution is 0.170. The fourth-order valence-electron chi connectivity index (χ4n) is 2.55. The van der Waals surface area contributed by atoms with Gasteiger partial charge in [-0.3, -0.25) is 0 Å². The summed E-state index contributed by atoms with van der Waals surface area (Å²) in [5.41, 5.74) is 5.62. The highest BCUT2D eigenvalue weighted by atomic mass is 32.1. The first-order valence-corrected chi connectivity index (χ1v) is 6.75. The highest BCUT2D eigenvalue weighted by Crippen LogP contribution is 2.37. The predicted molar refractivity (Wildman–Crippen MR) is 69.0 cm³/mol. The third kappa shape index (κ3) is 2.19. The van der Waals surface area contributed by atoms with Gasteiger partial charge in [0.2, 0.25) is 0 Å². The fourth-order valence-corrected chi connectivity index (χ4v) is 3.64. The minimum Gasteiger partial charge on any atom is -0.328 e. The summed E-state index contributed by atoms with van der Waals surface area (Å²) in [7, 11) is 0. The van der Waals surface area contributed by atoms with Gasteiger partial charge in [-0.05, 0) is 31.4 Å². The number of nitrogens with two attached hydrogens (primary N) is 1. The Morgan fingerprint density at radius 1 is 1.47 bits per heavy atom. The molecule has 2 atom stereocenters. The van der Waals surface area contributed by atoms with E-state index >= 15 is 0 Å². The summed E-state index contributed by atoms with van der Waals surface area (Å²) < 4.78 is 15.6. The zero-order valence-corrected chi connectivity index (χ0v) is 10.3. The van der Waals surface area contributed by atoms with Crippen LogP contribution >= 0.6 is 11.3 Å². The monoisotopic (exact) mass is 250 g/mol. The van der Waals surface area contributed by atoms with Gasteiger partial charge in [-0.1, -0.05) is 12.1 Å². The van der Waals surface area contributed by atoms with Crippen LogP contribution in [0.15, 0.2) is 24.3 Å². The molecule has 0 amide bonds. The molecule has 1 aromatic carbocycles. The van der Waals surface area contributed by atoms with Gasteiger partial charge in [-0.2, -0.15) is 0 Å². The van der Waals surface area contributed by atoms with E-state index in [-0.39, 0.29) is 6.04 Å². The molecule has 1 aliphatic carbocycles. The fraction of sp³-hybridized carbons (Fsp3) is 0.462. The lowest BCUT2D eigenvalue weighted by Gasteiger charge is -2.17. The van der Waals surface area contributed by atoms with E-state index in [4.69, 9.17) is 5.73 Å². The number of alkyl halides is 1. The van der Waals surface area contributed by atoms with Crippen LogP contribution in [-0.2, 0) is 6.42 Å². The maximum absolute atomic E-state index is 14.5. The summed E-state index contributed by atoms with van der Waals surface area (Å²) in [4.78, 5) is 4.48. The molecule has 90 valence electrons. The lowest BCUT2D eigenvalue weighted by Crippen LogP contribution is -2.25. The highest BCUT2D eigenvalue weighted by Gasteiger charge is 2.38. The summed E-state index contributed by atoms with van der Waals surface area (Å²) in [6, 6.07) is 7.97. The number of rotatable bonds is 2. The van der Waals surface area contributed by atoms with Crippen molar-refractivity contribution in [2.45, 2.75) is 37.4 Å². The second kappa shape index (κ2) is 4.03. The summed E-state index contributed by atoms with van der Waals surface area (Å²) in [6.07, 6.45) is 2.26. The Balaban J connectivity index is 1.85. The molecule has 2 unspecified atom stereocenters. The Kier molecular flexibility index (Phi) is 2.64. The SMILES string of the molecule is NC1CCC(F)(Cc2nc3ccccc3s2)C1. The first-order valence-electron chi connectivity index (χ1n) is 5.94. The van der Waals surface area contributed by atoms with Crippen molar-refractivity contribution in [2.75, 3.05) is 0 Å². The molecule has 3 rings (SSSR count). The standard InChI is InChI=1S/C13H15FN2S/c14-13(6-5-9(15)7-13)8-12-16-10-3-1-2-4-11(10)17-12/h1-4,9H,5-8,15H2. The molecule has 1 fully saturated rings. The van der Waals surface area contributed by atoms with Crippen LogP contribution in [0, 0.1) is 0 Å². The average Bonchev–Trinajstić information content (AvgIpc) is 2.81. The van der Waals surface area contributed by atoms with Gasteiger partial charge in [-0.25, -0.2) is 9.37 Å². The van der Waals surface area contributed by atoms with Crippen LogP contribution in [0.3, 0.4) is 0 Å². The largest absolute Gasteiger partial charge is 0.328 e. The van der Waals surface area contributed by atoms with E-state index in [2.05, 4.69) is 4.98 Å². The van der Waals surface area contributed by atoms with Gasteiger partial charge in [-0.15, -0.1) is 11.3 Å². The van der Waals surface area contributed by atoms with E-state index in [0.717, 1.165) is 21.6 Å². The van der Waals surface area contributed by atoms with Gasteiger partial charge < -0.3 is 5.73 Å². The van der Waals surface area contributed by atoms with Crippen molar-refractivity contribution in [2.24, 2.45) is 5.73 Å². The van der Waals surface area contributed by atoms with Crippen LogP contribution in [0.5, 0.6) is 0 Å². The molecule has 0 saturated heterocycles. The Morgan fingerprint density at radius 3 is 3.00 bits per heavy atom. The second-order valence-corrected chi connectivity index (χ2v) is 6.02. The van der Waals surface area contributed by atoms with Gasteiger partial charge in [0.1, 0.15) is 5.67 Å². The van der Waals surface area contributed by atoms with E-state index in [0.29, 0.717) is 19.3 Å². The Bertz CT molecular complexity index is 506. The van der Waals surface area contributed by atoms with E-state index in [9.17, 15) is 4.39 Å². The van der Waals surface area contributed by atoms with E-state index in [1.807, 2.05) is 24.3 Å². The number of thiazole rings is 1. The van der Waals surface area contributed by atoms with Crippen molar-refractivity contribution in [1.82, 2.24) is 4.98 Å². The third-order valence-corrected chi connectivity index (χ3v) is 4.43. The molecule has 0 radical (unpaired) electrons. The number of nitrogens with zero attached hydrogens (tertiary/aromatic N) is 1. The van der Waals surface area contributed by atoms with E-state index < -0.39 is 5.67 Å². The number of benzene rings is 1. The average molecular weight is 250 g/mol. The molecule has 1 saturated carbocycles. The Labute approximate surface area is 104 Å². The van der Waals surface area contributed by atoms with Gasteiger partial charge in [0.05, 0.1) is 15.2 Å². The number of halogens is 1. The van der Waals surface area contributed by atoms with Crippen LogP contribution in [0.1, 0.15) is 24.3 Å². The van der Waals surface area contributed by atoms with Crippen molar-refractivity contribution in [3.05, 3.63) is 29.3 Å². The zero-order valence-electron chi connectivity index (χ0n) is 9.53. The Morgan fingerprint density at radius 2 is 2.29 bits per heavy atom. The number of fused-ring (bicyclic) bond motifs is 1. The maximum atomic E-state index is 14.5. The van der Waals surface area contributed by atoms with Crippen LogP contribution in [-0.4, -0.2) is 16.7 Å². The molecule has 2 N–H and O–H groups in total. The first kappa shape index (κ1) is 11.1. The number of hydrogen-bond donors (Lipinski definition) is 1. The molecule has 17 heavy (non-hydrogen) atoms. The second-order valence-electron chi connectivity index (χ2n) is 4.91. The molecular formula is C13H15FN2S. The summed E-state index contributed by atoms with van der Waals surface area (Å²) in [5.74, 6) is 0. The van der Waals surface area contributed by atoms with Gasteiger partial charge in [0.15, 0.2) is 0 Å². The van der Waals surface area contributed by atoms with Crippen molar-refractivity contribution >= 4 is 21.6 Å². The third-order valence-electron chi connectivity index (χ3n) is 3.40. The topological polar surface area (TPSA) is 38.9 Å². The molecule has 1 aromatic heterocycles. The van der Waals surface area contributed by atoms with Crippen LogP contribution in [0.2, 0.25) is 0 Å². The minimum atomic E-state index is -1.13. The molecular weight excluding hydrogens is 235 g/mol. The van der Waals surface area contributed by atoms with Crippen molar-refractivity contribution in [3.63, 3.8) is 0 Å². The molecule has 0 aliphatic heterocycles. The van der Waals surface area contributed by atoms with Gasteiger partial charge in [0, 0.05) is 12.5 Å². The van der Waals surface area contributed by atoms with Crippen LogP contribution < -0.4 is 5.73 Å². The van der Waals surface area contributed by atoms with Gasteiger partial charge >= 0.3 is 0 Å². The molecule has 1 heterocycles. The molecule has 2 nitrogen and oxygen atoms in total. The molecule has 1 aliphatic rings. The smallest absolute Gasteiger partial charge is 0.119 e. The first-order chi connectivity index (χ1) is 8.15. The molecule has 2 aromatic rings. The summed E-state index contributed by atoms with van der Waals surface area (Å²) >= 11 is 1.59. The van der Waals surface area contributed by atoms with Crippen molar-refractivity contribution in [3.8, 4) is 0 Å². The maximum Gasteiger partial charge on any atom is 0.119 e. The normalized spacial score (nSPS) is 28.9. The molecule has 4 heteroatoms. The molecule has 0 spiro atoms. The quantitative estimate of drug-likeness (QED) is 0.889. The van der Waals surface area contributed by atoms with E-state index in [1.165, 1.54) is 0 Å². The predicted octanol–water partition coefficient (Wildman–Crippen LogP) is 3.06. The van der Waals surface area contributed by atoms with Crippen LogP contribution in [0.25, 0.3) is 10.2 Å². The Hall–Kier alpha value is -1.00. The summed E-state index contributed by atoms with van der Waals surface area (Å²) in [5, 5.41) is 0.891. The summed E-state index contributed by atoms with van der Waals surface area (Å²) in [6.45, 7) is 0. The lowest BCUT2D eigenvalue weighted by atomic mass is 10.0. The minimum absolute atomic E-state index is 0.0226. The van der Waals surface area contributed by atoms with Crippen molar-refractivity contribution < 1.29 is 4.39 Å². The highest BCUT2D eigenvalue weighted by molar-refractivity contribution is 7.18. The van der Waals surface area contributed by atoms with E-state index in [1.54, 1.807) is 11.3 Å². The van der Waals surface area contributed by atoms with Crippen LogP contribution in [0.4, 0.5) is 4.39 Å².